The number of piperidine rings is 1. The van der Waals surface area contributed by atoms with Crippen molar-refractivity contribution in [3.8, 4) is 5.75 Å². The number of ether oxygens (including phenoxy) is 1. The molecule has 1 aliphatic rings. The molecule has 0 N–H and O–H groups in total. The lowest BCUT2D eigenvalue weighted by Gasteiger charge is -2.31. The summed E-state index contributed by atoms with van der Waals surface area (Å²) in [4.78, 5) is 18.6. The van der Waals surface area contributed by atoms with Gasteiger partial charge in [-0.1, -0.05) is 29.8 Å². The van der Waals surface area contributed by atoms with E-state index in [1.807, 2.05) is 24.3 Å². The number of aromatic nitrogens is 1. The zero-order chi connectivity index (χ0) is 21.8. The number of benzene rings is 2. The van der Waals surface area contributed by atoms with Crippen LogP contribution in [0.2, 0.25) is 5.02 Å². The van der Waals surface area contributed by atoms with Gasteiger partial charge in [-0.3, -0.25) is 4.79 Å². The largest absolute Gasteiger partial charge is 0.481 e. The molecule has 0 bridgehead atoms. The molecule has 1 amide bonds. The summed E-state index contributed by atoms with van der Waals surface area (Å²) in [5, 5.41) is 0.674. The van der Waals surface area contributed by atoms with E-state index in [1.165, 1.54) is 6.07 Å². The minimum Gasteiger partial charge on any atom is -0.481 e. The van der Waals surface area contributed by atoms with Gasteiger partial charge in [-0.05, 0) is 36.6 Å². The molecule has 162 valence electrons. The molecule has 4 rings (SSSR count). The fraction of sp³-hybridized carbons (Fsp3) is 0.304. The van der Waals surface area contributed by atoms with Crippen molar-refractivity contribution in [2.45, 2.75) is 25.2 Å². The molecule has 8 heteroatoms. The van der Waals surface area contributed by atoms with Crippen molar-refractivity contribution in [1.82, 2.24) is 9.88 Å². The molecule has 1 saturated heterocycles. The second-order valence-electron chi connectivity index (χ2n) is 7.48. The Morgan fingerprint density at radius 1 is 1.26 bits per heavy atom. The predicted octanol–water partition coefficient (Wildman–Crippen LogP) is 4.98. The topological polar surface area (TPSA) is 55.6 Å². The summed E-state index contributed by atoms with van der Waals surface area (Å²) in [6.45, 7) is 0.705. The van der Waals surface area contributed by atoms with Crippen LogP contribution in [0.3, 0.4) is 0 Å². The summed E-state index contributed by atoms with van der Waals surface area (Å²) in [7, 11) is 0. The van der Waals surface area contributed by atoms with Gasteiger partial charge < -0.3 is 14.1 Å². The summed E-state index contributed by atoms with van der Waals surface area (Å²) < 4.78 is 37.9. The number of rotatable bonds is 6. The third kappa shape index (κ3) is 5.22. The van der Waals surface area contributed by atoms with Crippen LogP contribution in [0.5, 0.6) is 5.75 Å². The minimum absolute atomic E-state index is 0.0275. The van der Waals surface area contributed by atoms with E-state index in [0.717, 1.165) is 30.5 Å². The van der Waals surface area contributed by atoms with Gasteiger partial charge in [0, 0.05) is 30.6 Å². The highest BCUT2D eigenvalue weighted by Crippen LogP contribution is 2.28. The summed E-state index contributed by atoms with van der Waals surface area (Å²) >= 11 is 6.21. The van der Waals surface area contributed by atoms with Crippen molar-refractivity contribution in [1.29, 1.82) is 0 Å². The first-order chi connectivity index (χ1) is 15.0. The lowest BCUT2D eigenvalue weighted by Crippen LogP contribution is -2.41. The second kappa shape index (κ2) is 9.47. The van der Waals surface area contributed by atoms with Crippen LogP contribution in [0.4, 0.5) is 8.78 Å². The molecule has 2 aromatic carbocycles. The molecule has 0 spiro atoms. The molecule has 31 heavy (non-hydrogen) atoms. The lowest BCUT2D eigenvalue weighted by molar-refractivity contribution is -0.134. The first-order valence-corrected chi connectivity index (χ1v) is 10.4. The van der Waals surface area contributed by atoms with Crippen LogP contribution in [0.15, 0.2) is 53.1 Å². The zero-order valence-corrected chi connectivity index (χ0v) is 17.4. The number of hydrogen-bond donors (Lipinski definition) is 0. The molecule has 0 aliphatic carbocycles. The molecule has 0 saturated carbocycles. The normalized spacial score (nSPS) is 16.4. The average Bonchev–Trinajstić information content (AvgIpc) is 3.23. The number of halogens is 3. The van der Waals surface area contributed by atoms with Crippen molar-refractivity contribution in [2.75, 3.05) is 19.7 Å². The third-order valence-corrected chi connectivity index (χ3v) is 5.63. The summed E-state index contributed by atoms with van der Waals surface area (Å²) in [6.07, 6.45) is 3.88. The van der Waals surface area contributed by atoms with Crippen molar-refractivity contribution in [2.24, 2.45) is 0 Å². The fourth-order valence-corrected chi connectivity index (χ4v) is 3.85. The fourth-order valence-electron chi connectivity index (χ4n) is 3.65. The van der Waals surface area contributed by atoms with E-state index in [1.54, 1.807) is 11.1 Å². The molecule has 3 aromatic rings. The second-order valence-corrected chi connectivity index (χ2v) is 7.88. The molecule has 2 heterocycles. The molecule has 0 radical (unpaired) electrons. The lowest BCUT2D eigenvalue weighted by atomic mass is 9.98. The Hall–Kier alpha value is -2.93. The van der Waals surface area contributed by atoms with Crippen molar-refractivity contribution in [3.05, 3.63) is 82.5 Å². The summed E-state index contributed by atoms with van der Waals surface area (Å²) in [6, 6.07) is 10.5. The molecule has 1 atom stereocenters. The maximum absolute atomic E-state index is 13.7. The SMILES string of the molecule is O=C(COc1ccc(F)cc1F)N1CCC[C@H](c2ncc(Cc3ccccc3Cl)o2)C1. The molecule has 1 fully saturated rings. The minimum atomic E-state index is -0.838. The Morgan fingerprint density at radius 3 is 2.90 bits per heavy atom. The molecular formula is C23H21ClF2N2O3. The molecular weight excluding hydrogens is 426 g/mol. The number of nitrogens with zero attached hydrogens (tertiary/aromatic N) is 2. The van der Waals surface area contributed by atoms with Gasteiger partial charge in [0.1, 0.15) is 11.6 Å². The highest BCUT2D eigenvalue weighted by Gasteiger charge is 2.28. The van der Waals surface area contributed by atoms with Crippen LogP contribution in [0.1, 0.15) is 36.0 Å². The monoisotopic (exact) mass is 446 g/mol. The van der Waals surface area contributed by atoms with E-state index in [9.17, 15) is 13.6 Å². The number of carbonyl (C=O) groups excluding carboxylic acids is 1. The van der Waals surface area contributed by atoms with Crippen LogP contribution >= 0.6 is 11.6 Å². The highest BCUT2D eigenvalue weighted by molar-refractivity contribution is 6.31. The van der Waals surface area contributed by atoms with Crippen LogP contribution in [0.25, 0.3) is 0 Å². The van der Waals surface area contributed by atoms with Crippen LogP contribution < -0.4 is 4.74 Å². The van der Waals surface area contributed by atoms with Gasteiger partial charge in [0.2, 0.25) is 0 Å². The number of hydrogen-bond acceptors (Lipinski definition) is 4. The molecule has 5 nitrogen and oxygen atoms in total. The predicted molar refractivity (Wildman–Crippen MR) is 111 cm³/mol. The van der Waals surface area contributed by atoms with E-state index in [2.05, 4.69) is 4.98 Å². The van der Waals surface area contributed by atoms with Crippen molar-refractivity contribution < 1.29 is 22.7 Å². The maximum Gasteiger partial charge on any atom is 0.260 e. The first-order valence-electron chi connectivity index (χ1n) is 10.0. The Labute approximate surface area is 183 Å². The van der Waals surface area contributed by atoms with E-state index in [4.69, 9.17) is 20.8 Å². The van der Waals surface area contributed by atoms with Crippen LogP contribution in [-0.2, 0) is 11.2 Å². The quantitative estimate of drug-likeness (QED) is 0.535. The smallest absolute Gasteiger partial charge is 0.260 e. The van der Waals surface area contributed by atoms with E-state index in [0.29, 0.717) is 36.2 Å². The van der Waals surface area contributed by atoms with Gasteiger partial charge in [0.25, 0.3) is 5.91 Å². The van der Waals surface area contributed by atoms with Crippen LogP contribution in [-0.4, -0.2) is 35.5 Å². The van der Waals surface area contributed by atoms with Gasteiger partial charge in [-0.2, -0.15) is 0 Å². The van der Waals surface area contributed by atoms with Gasteiger partial charge in [-0.25, -0.2) is 13.8 Å². The Balaban J connectivity index is 1.35. The Kier molecular flexibility index (Phi) is 6.51. The first kappa shape index (κ1) is 21.3. The van der Waals surface area contributed by atoms with E-state index in [-0.39, 0.29) is 24.2 Å². The zero-order valence-electron chi connectivity index (χ0n) is 16.7. The van der Waals surface area contributed by atoms with E-state index < -0.39 is 11.6 Å². The Morgan fingerprint density at radius 2 is 2.10 bits per heavy atom. The number of carbonyl (C=O) groups is 1. The number of oxazole rings is 1. The standard InChI is InChI=1S/C23H21ClF2N2O3/c24-19-6-2-1-4-15(19)10-18-12-27-23(31-18)16-5-3-9-28(13-16)22(29)14-30-21-8-7-17(25)11-20(21)26/h1-2,4,6-8,11-12,16H,3,5,9-10,13-14H2/t16-/m0/s1. The summed E-state index contributed by atoms with van der Waals surface area (Å²) in [5.41, 5.74) is 0.956. The van der Waals surface area contributed by atoms with Gasteiger partial charge in [0.15, 0.2) is 24.1 Å². The molecule has 1 aliphatic heterocycles. The van der Waals surface area contributed by atoms with Crippen molar-refractivity contribution in [3.63, 3.8) is 0 Å². The van der Waals surface area contributed by atoms with E-state index >= 15 is 0 Å². The average molecular weight is 447 g/mol. The van der Waals surface area contributed by atoms with Gasteiger partial charge in [-0.15, -0.1) is 0 Å². The van der Waals surface area contributed by atoms with Gasteiger partial charge >= 0.3 is 0 Å². The third-order valence-electron chi connectivity index (χ3n) is 5.26. The van der Waals surface area contributed by atoms with Crippen LogP contribution in [0, 0.1) is 11.6 Å². The maximum atomic E-state index is 13.7. The molecule has 0 unspecified atom stereocenters. The summed E-state index contributed by atoms with van der Waals surface area (Å²) in [5.74, 6) is -0.687. The number of amides is 1. The Bertz CT molecular complexity index is 1070. The highest BCUT2D eigenvalue weighted by atomic mass is 35.5. The number of likely N-dealkylation sites (tertiary alicyclic amines) is 1. The van der Waals surface area contributed by atoms with Gasteiger partial charge in [0.05, 0.1) is 12.1 Å². The molecule has 1 aromatic heterocycles. The van der Waals surface area contributed by atoms with Crippen molar-refractivity contribution >= 4 is 17.5 Å².